The van der Waals surface area contributed by atoms with E-state index in [-0.39, 0.29) is 0 Å². The molecule has 0 fully saturated rings. The molecule has 0 radical (unpaired) electrons. The van der Waals surface area contributed by atoms with Crippen LogP contribution < -0.4 is 0 Å². The fourth-order valence-corrected chi connectivity index (χ4v) is 1.96. The number of hydrogen-bond acceptors (Lipinski definition) is 2. The summed E-state index contributed by atoms with van der Waals surface area (Å²) < 4.78 is 18.6. The van der Waals surface area contributed by atoms with Crippen LogP contribution >= 0.6 is 0 Å². The third kappa shape index (κ3) is 3.40. The van der Waals surface area contributed by atoms with Gasteiger partial charge >= 0.3 is 0 Å². The lowest BCUT2D eigenvalue weighted by Crippen LogP contribution is -2.03. The van der Waals surface area contributed by atoms with Crippen molar-refractivity contribution in [1.29, 1.82) is 0 Å². The van der Waals surface area contributed by atoms with Crippen molar-refractivity contribution in [3.05, 3.63) is 71.0 Å². The van der Waals surface area contributed by atoms with Crippen molar-refractivity contribution in [2.24, 2.45) is 0 Å². The molecule has 2 nitrogen and oxygen atoms in total. The largest absolute Gasteiger partial charge is 0.384 e. The zero-order valence-electron chi connectivity index (χ0n) is 10.8. The molecule has 0 saturated heterocycles. The van der Waals surface area contributed by atoms with Crippen molar-refractivity contribution < 1.29 is 14.2 Å². The fraction of sp³-hybridized carbons (Fsp3) is 0.250. The van der Waals surface area contributed by atoms with Crippen LogP contribution in [0.3, 0.4) is 0 Å². The number of hydrogen-bond donors (Lipinski definition) is 1. The van der Waals surface area contributed by atoms with Gasteiger partial charge in [0.2, 0.25) is 0 Å². The van der Waals surface area contributed by atoms with Gasteiger partial charge in [-0.2, -0.15) is 0 Å². The number of methoxy groups -OCH3 is 1. The minimum absolute atomic E-state index is 0.298. The van der Waals surface area contributed by atoms with Crippen LogP contribution in [0.15, 0.2) is 48.5 Å². The molecule has 0 heterocycles. The Morgan fingerprint density at radius 3 is 2.42 bits per heavy atom. The second kappa shape index (κ2) is 6.45. The molecule has 0 aliphatic rings. The summed E-state index contributed by atoms with van der Waals surface area (Å²) in [5.74, 6) is -0.390. The third-order valence-electron chi connectivity index (χ3n) is 3.09. The second-order valence-corrected chi connectivity index (χ2v) is 4.41. The summed E-state index contributed by atoms with van der Waals surface area (Å²) in [6.45, 7) is 0.662. The van der Waals surface area contributed by atoms with Crippen LogP contribution in [0, 0.1) is 5.82 Å². The molecule has 100 valence electrons. The van der Waals surface area contributed by atoms with E-state index in [1.54, 1.807) is 25.3 Å². The summed E-state index contributed by atoms with van der Waals surface area (Å²) in [4.78, 5) is 0. The maximum Gasteiger partial charge on any atom is 0.129 e. The lowest BCUT2D eigenvalue weighted by Gasteiger charge is -2.13. The lowest BCUT2D eigenvalue weighted by atomic mass is 9.99. The molecule has 2 aromatic carbocycles. The highest BCUT2D eigenvalue weighted by Gasteiger charge is 2.14. The molecular weight excluding hydrogens is 243 g/mol. The summed E-state index contributed by atoms with van der Waals surface area (Å²) in [6.07, 6.45) is -0.107. The molecule has 1 atom stereocenters. The Morgan fingerprint density at radius 2 is 1.79 bits per heavy atom. The molecule has 0 spiro atoms. The molecule has 0 amide bonds. The molecule has 0 aromatic heterocycles. The van der Waals surface area contributed by atoms with E-state index in [4.69, 9.17) is 4.74 Å². The number of rotatable bonds is 5. The SMILES string of the molecule is COCCc1ccc(C(O)c2ccccc2F)cc1. The van der Waals surface area contributed by atoms with Gasteiger partial charge < -0.3 is 9.84 Å². The van der Waals surface area contributed by atoms with Crippen molar-refractivity contribution in [2.75, 3.05) is 13.7 Å². The van der Waals surface area contributed by atoms with Crippen LogP contribution in [0.25, 0.3) is 0 Å². The van der Waals surface area contributed by atoms with Gasteiger partial charge in [0.25, 0.3) is 0 Å². The van der Waals surface area contributed by atoms with Crippen LogP contribution in [0.4, 0.5) is 4.39 Å². The van der Waals surface area contributed by atoms with E-state index in [9.17, 15) is 9.50 Å². The minimum Gasteiger partial charge on any atom is -0.384 e. The van der Waals surface area contributed by atoms with E-state index in [1.807, 2.05) is 24.3 Å². The van der Waals surface area contributed by atoms with E-state index >= 15 is 0 Å². The molecular formula is C16H17FO2. The predicted molar refractivity (Wildman–Crippen MR) is 72.5 cm³/mol. The first-order valence-electron chi connectivity index (χ1n) is 6.22. The molecule has 0 aliphatic heterocycles. The van der Waals surface area contributed by atoms with Crippen molar-refractivity contribution in [3.8, 4) is 0 Å². The Kier molecular flexibility index (Phi) is 4.66. The Labute approximate surface area is 112 Å². The Bertz CT molecular complexity index is 523. The topological polar surface area (TPSA) is 29.5 Å². The smallest absolute Gasteiger partial charge is 0.129 e. The van der Waals surface area contributed by atoms with Gasteiger partial charge in [-0.1, -0.05) is 42.5 Å². The molecule has 19 heavy (non-hydrogen) atoms. The number of ether oxygens (including phenoxy) is 1. The fourth-order valence-electron chi connectivity index (χ4n) is 1.96. The minimum atomic E-state index is -0.933. The third-order valence-corrected chi connectivity index (χ3v) is 3.09. The number of aliphatic hydroxyl groups is 1. The van der Waals surface area contributed by atoms with Crippen LogP contribution in [-0.2, 0) is 11.2 Å². The van der Waals surface area contributed by atoms with E-state index in [1.165, 1.54) is 6.07 Å². The molecule has 0 aliphatic carbocycles. The first-order chi connectivity index (χ1) is 9.22. The maximum atomic E-state index is 13.6. The summed E-state index contributed by atoms with van der Waals surface area (Å²) in [6, 6.07) is 13.8. The summed E-state index contributed by atoms with van der Waals surface area (Å²) in [7, 11) is 1.66. The van der Waals surface area contributed by atoms with Gasteiger partial charge in [-0.25, -0.2) is 4.39 Å². The molecule has 2 aromatic rings. The van der Waals surface area contributed by atoms with Crippen molar-refractivity contribution >= 4 is 0 Å². The van der Waals surface area contributed by atoms with Crippen LogP contribution in [0.2, 0.25) is 0 Å². The van der Waals surface area contributed by atoms with E-state index < -0.39 is 11.9 Å². The molecule has 2 rings (SSSR count). The summed E-state index contributed by atoms with van der Waals surface area (Å²) >= 11 is 0. The molecule has 1 N–H and O–H groups in total. The molecule has 3 heteroatoms. The quantitative estimate of drug-likeness (QED) is 0.895. The first-order valence-corrected chi connectivity index (χ1v) is 6.22. The van der Waals surface area contributed by atoms with Crippen molar-refractivity contribution in [3.63, 3.8) is 0 Å². The van der Waals surface area contributed by atoms with Gasteiger partial charge in [-0.3, -0.25) is 0 Å². The highest BCUT2D eigenvalue weighted by atomic mass is 19.1. The van der Waals surface area contributed by atoms with Crippen LogP contribution in [-0.4, -0.2) is 18.8 Å². The van der Waals surface area contributed by atoms with Gasteiger partial charge in [0.15, 0.2) is 0 Å². The Balaban J connectivity index is 2.16. The zero-order chi connectivity index (χ0) is 13.7. The van der Waals surface area contributed by atoms with Crippen molar-refractivity contribution in [1.82, 2.24) is 0 Å². The predicted octanol–water partition coefficient (Wildman–Crippen LogP) is 3.10. The average Bonchev–Trinajstić information content (AvgIpc) is 2.45. The van der Waals surface area contributed by atoms with E-state index in [0.717, 1.165) is 12.0 Å². The zero-order valence-corrected chi connectivity index (χ0v) is 10.8. The monoisotopic (exact) mass is 260 g/mol. The Hall–Kier alpha value is -1.71. The van der Waals surface area contributed by atoms with Crippen LogP contribution in [0.1, 0.15) is 22.8 Å². The lowest BCUT2D eigenvalue weighted by molar-refractivity contribution is 0.202. The molecule has 1 unspecified atom stereocenters. The van der Waals surface area contributed by atoms with Crippen LogP contribution in [0.5, 0.6) is 0 Å². The van der Waals surface area contributed by atoms with Gasteiger partial charge in [0, 0.05) is 12.7 Å². The number of benzene rings is 2. The standard InChI is InChI=1S/C16H17FO2/c1-19-11-10-12-6-8-13(9-7-12)16(18)14-4-2-3-5-15(14)17/h2-9,16,18H,10-11H2,1H3. The maximum absolute atomic E-state index is 13.6. The Morgan fingerprint density at radius 1 is 1.11 bits per heavy atom. The molecule has 0 saturated carbocycles. The highest BCUT2D eigenvalue weighted by Crippen LogP contribution is 2.24. The normalized spacial score (nSPS) is 12.4. The van der Waals surface area contributed by atoms with E-state index in [0.29, 0.717) is 17.7 Å². The van der Waals surface area contributed by atoms with Gasteiger partial charge in [0.05, 0.1) is 6.61 Å². The van der Waals surface area contributed by atoms with E-state index in [2.05, 4.69) is 0 Å². The van der Waals surface area contributed by atoms with Crippen molar-refractivity contribution in [2.45, 2.75) is 12.5 Å². The molecule has 0 bridgehead atoms. The van der Waals surface area contributed by atoms with Gasteiger partial charge in [-0.05, 0) is 23.6 Å². The second-order valence-electron chi connectivity index (χ2n) is 4.41. The van der Waals surface area contributed by atoms with Gasteiger partial charge in [-0.15, -0.1) is 0 Å². The summed E-state index contributed by atoms with van der Waals surface area (Å²) in [5, 5.41) is 10.2. The number of aliphatic hydroxyl groups excluding tert-OH is 1. The average molecular weight is 260 g/mol. The summed E-state index contributed by atoms with van der Waals surface area (Å²) in [5.41, 5.74) is 2.12. The van der Waals surface area contributed by atoms with Gasteiger partial charge in [0.1, 0.15) is 11.9 Å². The first kappa shape index (κ1) is 13.7. The number of halogens is 1. The highest BCUT2D eigenvalue weighted by molar-refractivity contribution is 5.32.